The van der Waals surface area contributed by atoms with Crippen molar-refractivity contribution in [2.45, 2.75) is 19.8 Å². The Morgan fingerprint density at radius 1 is 1.44 bits per heavy atom. The lowest BCUT2D eigenvalue weighted by Crippen LogP contribution is -2.03. The van der Waals surface area contributed by atoms with Crippen molar-refractivity contribution in [2.24, 2.45) is 0 Å². The zero-order valence-corrected chi connectivity index (χ0v) is 11.2. The summed E-state index contributed by atoms with van der Waals surface area (Å²) in [5.74, 6) is 1.84. The van der Waals surface area contributed by atoms with E-state index in [2.05, 4.69) is 32.8 Å². The van der Waals surface area contributed by atoms with E-state index >= 15 is 0 Å². The summed E-state index contributed by atoms with van der Waals surface area (Å²) in [7, 11) is 0. The fraction of sp³-hybridized carbons (Fsp3) is 0.273. The van der Waals surface area contributed by atoms with Gasteiger partial charge in [-0.2, -0.15) is 0 Å². The number of rotatable bonds is 3. The number of aromatic nitrogens is 3. The van der Waals surface area contributed by atoms with E-state index in [0.29, 0.717) is 5.02 Å². The maximum atomic E-state index is 5.86. The van der Waals surface area contributed by atoms with Gasteiger partial charge in [0.05, 0.1) is 9.50 Å². The lowest BCUT2D eigenvalue weighted by atomic mass is 10.3. The second kappa shape index (κ2) is 4.97. The summed E-state index contributed by atoms with van der Waals surface area (Å²) in [4.78, 5) is 8.62. The van der Waals surface area contributed by atoms with Gasteiger partial charge < -0.3 is 0 Å². The third kappa shape index (κ3) is 2.28. The van der Waals surface area contributed by atoms with Gasteiger partial charge in [-0.05, 0) is 28.4 Å². The van der Waals surface area contributed by atoms with Gasteiger partial charge in [-0.1, -0.05) is 18.5 Å². The van der Waals surface area contributed by atoms with Crippen molar-refractivity contribution >= 4 is 27.5 Å². The van der Waals surface area contributed by atoms with Gasteiger partial charge >= 0.3 is 0 Å². The number of imidazole rings is 1. The molecule has 16 heavy (non-hydrogen) atoms. The highest BCUT2D eigenvalue weighted by molar-refractivity contribution is 9.10. The molecule has 0 bridgehead atoms. The van der Waals surface area contributed by atoms with Crippen LogP contribution >= 0.6 is 27.5 Å². The van der Waals surface area contributed by atoms with Crippen molar-refractivity contribution in [3.8, 4) is 5.82 Å². The van der Waals surface area contributed by atoms with E-state index in [1.54, 1.807) is 12.4 Å². The molecule has 2 heterocycles. The number of nitrogens with zero attached hydrogens (tertiary/aromatic N) is 3. The predicted octanol–water partition coefficient (Wildman–Crippen LogP) is 3.64. The van der Waals surface area contributed by atoms with Gasteiger partial charge in [0.15, 0.2) is 5.82 Å². The molecule has 0 aliphatic heterocycles. The molecule has 5 heteroatoms. The number of aryl methyl sites for hydroxylation is 1. The third-order valence-corrected chi connectivity index (χ3v) is 3.00. The van der Waals surface area contributed by atoms with E-state index in [4.69, 9.17) is 11.6 Å². The van der Waals surface area contributed by atoms with Crippen LogP contribution in [0.1, 0.15) is 19.2 Å². The largest absolute Gasteiger partial charge is 0.287 e. The van der Waals surface area contributed by atoms with Crippen LogP contribution in [0.25, 0.3) is 5.82 Å². The van der Waals surface area contributed by atoms with E-state index in [0.717, 1.165) is 29.0 Å². The molecular formula is C11H11BrClN3. The van der Waals surface area contributed by atoms with Crippen LogP contribution < -0.4 is 0 Å². The van der Waals surface area contributed by atoms with Crippen molar-refractivity contribution in [2.75, 3.05) is 0 Å². The van der Waals surface area contributed by atoms with Crippen molar-refractivity contribution < 1.29 is 0 Å². The monoisotopic (exact) mass is 299 g/mol. The summed E-state index contributed by atoms with van der Waals surface area (Å²) in [5, 5.41) is 0.618. The van der Waals surface area contributed by atoms with E-state index in [1.807, 2.05) is 16.8 Å². The molecule has 0 amide bonds. The van der Waals surface area contributed by atoms with Gasteiger partial charge in [0.25, 0.3) is 0 Å². The Morgan fingerprint density at radius 3 is 2.94 bits per heavy atom. The van der Waals surface area contributed by atoms with Crippen molar-refractivity contribution in [1.82, 2.24) is 14.5 Å². The first kappa shape index (κ1) is 11.6. The van der Waals surface area contributed by atoms with Crippen molar-refractivity contribution in [3.63, 3.8) is 0 Å². The Hall–Kier alpha value is -0.870. The normalized spacial score (nSPS) is 10.7. The van der Waals surface area contributed by atoms with Crippen LogP contribution in [-0.4, -0.2) is 14.5 Å². The van der Waals surface area contributed by atoms with Gasteiger partial charge in [0, 0.05) is 25.0 Å². The fourth-order valence-corrected chi connectivity index (χ4v) is 2.35. The fourth-order valence-electron chi connectivity index (χ4n) is 1.52. The first-order chi connectivity index (χ1) is 7.72. The molecule has 2 rings (SSSR count). The maximum absolute atomic E-state index is 5.86. The average molecular weight is 301 g/mol. The molecule has 0 fully saturated rings. The van der Waals surface area contributed by atoms with Crippen molar-refractivity contribution in [3.05, 3.63) is 40.0 Å². The van der Waals surface area contributed by atoms with Gasteiger partial charge in [-0.3, -0.25) is 4.57 Å². The van der Waals surface area contributed by atoms with Crippen LogP contribution in [0.15, 0.2) is 29.1 Å². The van der Waals surface area contributed by atoms with Gasteiger partial charge in [-0.15, -0.1) is 0 Å². The van der Waals surface area contributed by atoms with Crippen LogP contribution in [-0.2, 0) is 6.42 Å². The molecule has 2 aromatic rings. The topological polar surface area (TPSA) is 30.7 Å². The first-order valence-corrected chi connectivity index (χ1v) is 6.23. The maximum Gasteiger partial charge on any atom is 0.152 e. The zero-order chi connectivity index (χ0) is 11.5. The third-order valence-electron chi connectivity index (χ3n) is 2.21. The summed E-state index contributed by atoms with van der Waals surface area (Å²) in [6.07, 6.45) is 7.32. The van der Waals surface area contributed by atoms with Crippen LogP contribution in [0, 0.1) is 0 Å². The zero-order valence-electron chi connectivity index (χ0n) is 8.82. The summed E-state index contributed by atoms with van der Waals surface area (Å²) >= 11 is 9.32. The summed E-state index contributed by atoms with van der Waals surface area (Å²) in [5.41, 5.74) is 0. The minimum atomic E-state index is 0.618. The van der Waals surface area contributed by atoms with E-state index in [-0.39, 0.29) is 0 Å². The van der Waals surface area contributed by atoms with E-state index in [1.165, 1.54) is 0 Å². The van der Waals surface area contributed by atoms with Crippen LogP contribution in [0.2, 0.25) is 5.02 Å². The number of halogens is 2. The smallest absolute Gasteiger partial charge is 0.152 e. The van der Waals surface area contributed by atoms with Gasteiger partial charge in [0.1, 0.15) is 5.82 Å². The number of hydrogen-bond acceptors (Lipinski definition) is 2. The molecule has 3 nitrogen and oxygen atoms in total. The van der Waals surface area contributed by atoms with Gasteiger partial charge in [0.2, 0.25) is 0 Å². The van der Waals surface area contributed by atoms with Gasteiger partial charge in [-0.25, -0.2) is 9.97 Å². The molecule has 2 aromatic heterocycles. The molecular weight excluding hydrogens is 289 g/mol. The van der Waals surface area contributed by atoms with E-state index < -0.39 is 0 Å². The molecule has 0 unspecified atom stereocenters. The first-order valence-electron chi connectivity index (χ1n) is 5.06. The standard InChI is InChI=1S/C11H11BrClN3/c1-2-3-10-14-4-5-16(10)11-9(12)6-8(13)7-15-11/h4-7H,2-3H2,1H3. The number of pyridine rings is 1. The molecule has 0 aliphatic rings. The SMILES string of the molecule is CCCc1nccn1-c1ncc(Cl)cc1Br. The predicted molar refractivity (Wildman–Crippen MR) is 68.1 cm³/mol. The highest BCUT2D eigenvalue weighted by Gasteiger charge is 2.09. The lowest BCUT2D eigenvalue weighted by Gasteiger charge is -2.08. The average Bonchev–Trinajstić information content (AvgIpc) is 2.67. The molecule has 0 aromatic carbocycles. The molecule has 0 spiro atoms. The summed E-state index contributed by atoms with van der Waals surface area (Å²) in [6, 6.07) is 1.83. The summed E-state index contributed by atoms with van der Waals surface area (Å²) in [6.45, 7) is 2.13. The molecule has 0 aliphatic carbocycles. The Morgan fingerprint density at radius 2 is 2.25 bits per heavy atom. The Balaban J connectivity index is 2.46. The Bertz CT molecular complexity index is 496. The van der Waals surface area contributed by atoms with Crippen molar-refractivity contribution in [1.29, 1.82) is 0 Å². The molecule has 0 saturated heterocycles. The molecule has 0 N–H and O–H groups in total. The van der Waals surface area contributed by atoms with Crippen LogP contribution in [0.4, 0.5) is 0 Å². The highest BCUT2D eigenvalue weighted by Crippen LogP contribution is 2.23. The van der Waals surface area contributed by atoms with E-state index in [9.17, 15) is 0 Å². The van der Waals surface area contributed by atoms with Crippen LogP contribution in [0.3, 0.4) is 0 Å². The number of hydrogen-bond donors (Lipinski definition) is 0. The Kier molecular flexibility index (Phi) is 3.61. The molecule has 84 valence electrons. The second-order valence-electron chi connectivity index (χ2n) is 3.42. The Labute approximate surface area is 108 Å². The minimum absolute atomic E-state index is 0.618. The second-order valence-corrected chi connectivity index (χ2v) is 4.71. The quantitative estimate of drug-likeness (QED) is 0.866. The lowest BCUT2D eigenvalue weighted by molar-refractivity contribution is 0.796. The molecule has 0 radical (unpaired) electrons. The molecule has 0 atom stereocenters. The van der Waals surface area contributed by atoms with Crippen LogP contribution in [0.5, 0.6) is 0 Å². The molecule has 0 saturated carbocycles. The minimum Gasteiger partial charge on any atom is -0.287 e. The highest BCUT2D eigenvalue weighted by atomic mass is 79.9. The summed E-state index contributed by atoms with van der Waals surface area (Å²) < 4.78 is 2.85.